The molecule has 254 valence electrons. The van der Waals surface area contributed by atoms with E-state index in [0.717, 1.165) is 0 Å². The number of halogens is 17. The first-order valence-electron chi connectivity index (χ1n) is 10.5. The smallest absolute Gasteiger partial charge is 0.395 e. The number of nitrogens with zero attached hydrogens (tertiary/aromatic N) is 1. The Bertz CT molecular complexity index is 1030. The van der Waals surface area contributed by atoms with E-state index in [-0.39, 0.29) is 6.54 Å². The molecule has 0 radical (unpaired) electrons. The lowest BCUT2D eigenvalue weighted by Gasteiger charge is -2.42. The predicted octanol–water partition coefficient (Wildman–Crippen LogP) is 3.05. The summed E-state index contributed by atoms with van der Waals surface area (Å²) in [7, 11) is -5.14. The number of quaternary nitrogens is 1. The zero-order valence-corrected chi connectivity index (χ0v) is 21.4. The molecule has 0 saturated heterocycles. The SMILES string of the molecule is C[N+](C)(CCC(CO)NS(=O)(=O)C(F)(F)C(F)(F)C(F)(F)C(F)(F)C(F)(F)C(F)(F)C(F)(F)C(F)(F)F)CC(O)CO. The third kappa shape index (κ3) is 6.63. The summed E-state index contributed by atoms with van der Waals surface area (Å²) in [6.07, 6.45) is -10.3. The van der Waals surface area contributed by atoms with Crippen molar-refractivity contribution in [1.82, 2.24) is 4.72 Å². The molecular formula is C17H22F17N2O5S+. The number of rotatable bonds is 16. The van der Waals surface area contributed by atoms with E-state index in [2.05, 4.69) is 0 Å². The van der Waals surface area contributed by atoms with E-state index in [9.17, 15) is 88.2 Å². The molecule has 2 unspecified atom stereocenters. The van der Waals surface area contributed by atoms with Crippen LogP contribution in [0.3, 0.4) is 0 Å². The molecule has 25 heteroatoms. The Morgan fingerprint density at radius 3 is 1.33 bits per heavy atom. The summed E-state index contributed by atoms with van der Waals surface area (Å²) >= 11 is 0. The van der Waals surface area contributed by atoms with E-state index in [0.29, 0.717) is 4.72 Å². The van der Waals surface area contributed by atoms with Gasteiger partial charge in [-0.3, -0.25) is 0 Å². The number of hydrogen-bond acceptors (Lipinski definition) is 5. The average molecular weight is 689 g/mol. The van der Waals surface area contributed by atoms with Gasteiger partial charge in [0.15, 0.2) is 0 Å². The average Bonchev–Trinajstić information content (AvgIpc) is 2.79. The van der Waals surface area contributed by atoms with Gasteiger partial charge in [-0.15, -0.1) is 0 Å². The third-order valence-electron chi connectivity index (χ3n) is 5.57. The maximum atomic E-state index is 14.2. The minimum absolute atomic E-state index is 0.372. The lowest BCUT2D eigenvalue weighted by Crippen LogP contribution is -2.75. The molecule has 0 aromatic rings. The molecule has 0 fully saturated rings. The van der Waals surface area contributed by atoms with Crippen LogP contribution in [0.1, 0.15) is 6.42 Å². The van der Waals surface area contributed by atoms with Gasteiger partial charge < -0.3 is 19.8 Å². The molecule has 0 aliphatic rings. The van der Waals surface area contributed by atoms with Gasteiger partial charge in [0.05, 0.1) is 39.9 Å². The number of nitrogens with one attached hydrogen (secondary N) is 1. The fraction of sp³-hybridized carbons (Fsp3) is 1.00. The fourth-order valence-electron chi connectivity index (χ4n) is 3.02. The van der Waals surface area contributed by atoms with Gasteiger partial charge in [-0.2, -0.15) is 74.6 Å². The summed E-state index contributed by atoms with van der Waals surface area (Å²) in [4.78, 5) is 0. The number of likely N-dealkylation sites (N-methyl/N-ethyl adjacent to an activating group) is 1. The Labute approximate surface area is 224 Å². The quantitative estimate of drug-likeness (QED) is 0.147. The van der Waals surface area contributed by atoms with Crippen molar-refractivity contribution >= 4 is 10.0 Å². The Hall–Kier alpha value is -1.44. The molecule has 2 atom stereocenters. The lowest BCUT2D eigenvalue weighted by atomic mass is 9.91. The van der Waals surface area contributed by atoms with Gasteiger partial charge in [0.25, 0.3) is 10.0 Å². The summed E-state index contributed by atoms with van der Waals surface area (Å²) in [6.45, 7) is -3.37. The molecule has 0 saturated carbocycles. The number of sulfonamides is 1. The molecular weight excluding hydrogens is 667 g/mol. The maximum absolute atomic E-state index is 14.2. The van der Waals surface area contributed by atoms with Crippen molar-refractivity contribution < 1.29 is 103 Å². The minimum Gasteiger partial charge on any atom is -0.395 e. The Kier molecular flexibility index (Phi) is 11.4. The van der Waals surface area contributed by atoms with E-state index < -0.39 is 99.8 Å². The predicted molar refractivity (Wildman–Crippen MR) is 103 cm³/mol. The van der Waals surface area contributed by atoms with Crippen LogP contribution in [0.25, 0.3) is 0 Å². The second-order valence-electron chi connectivity index (χ2n) is 9.43. The summed E-state index contributed by atoms with van der Waals surface area (Å²) < 4.78 is 251. The van der Waals surface area contributed by atoms with Crippen LogP contribution in [0.4, 0.5) is 74.6 Å². The maximum Gasteiger partial charge on any atom is 0.460 e. The van der Waals surface area contributed by atoms with Crippen LogP contribution in [-0.4, -0.2) is 128 Å². The van der Waals surface area contributed by atoms with Gasteiger partial charge >= 0.3 is 47.0 Å². The number of aliphatic hydroxyl groups is 3. The number of alkyl halides is 17. The second-order valence-corrected chi connectivity index (χ2v) is 11.2. The highest BCUT2D eigenvalue weighted by molar-refractivity contribution is 7.90. The highest BCUT2D eigenvalue weighted by atomic mass is 32.2. The van der Waals surface area contributed by atoms with Crippen molar-refractivity contribution in [2.24, 2.45) is 0 Å². The van der Waals surface area contributed by atoms with Crippen LogP contribution < -0.4 is 4.72 Å². The third-order valence-corrected chi connectivity index (χ3v) is 7.15. The summed E-state index contributed by atoms with van der Waals surface area (Å²) in [5, 5.41) is 19.6. The summed E-state index contributed by atoms with van der Waals surface area (Å²) in [5.74, 6) is -52.2. The highest BCUT2D eigenvalue weighted by Gasteiger charge is 2.96. The molecule has 0 amide bonds. The standard InChI is InChI=1S/C17H22F17N2O5S/c1-36(2,5-9(39)7-38)4-3-8(6-37)35-42(40,41)17(33,34)15(28,29)13(24,25)11(20,21)10(18,19)12(22,23)14(26,27)16(30,31)32/h8-9,35,37-39H,3-7H2,1-2H3/q+1. The van der Waals surface area contributed by atoms with Crippen molar-refractivity contribution in [3.8, 4) is 0 Å². The van der Waals surface area contributed by atoms with Crippen LogP contribution in [0.15, 0.2) is 0 Å². The van der Waals surface area contributed by atoms with Crippen molar-refractivity contribution in [2.75, 3.05) is 40.4 Å². The molecule has 0 aromatic heterocycles. The topological polar surface area (TPSA) is 107 Å². The van der Waals surface area contributed by atoms with Gasteiger partial charge in [0.2, 0.25) is 0 Å². The summed E-state index contributed by atoms with van der Waals surface area (Å²) in [5.41, 5.74) is 0. The van der Waals surface area contributed by atoms with Gasteiger partial charge in [0.1, 0.15) is 12.6 Å². The van der Waals surface area contributed by atoms with E-state index in [1.807, 2.05) is 0 Å². The van der Waals surface area contributed by atoms with Gasteiger partial charge in [0, 0.05) is 6.42 Å². The van der Waals surface area contributed by atoms with E-state index in [1.165, 1.54) is 14.1 Å². The van der Waals surface area contributed by atoms with Gasteiger partial charge in [-0.25, -0.2) is 13.1 Å². The monoisotopic (exact) mass is 689 g/mol. The molecule has 0 aliphatic carbocycles. The van der Waals surface area contributed by atoms with Crippen molar-refractivity contribution in [3.63, 3.8) is 0 Å². The first kappa shape index (κ1) is 40.6. The van der Waals surface area contributed by atoms with Crippen LogP contribution >= 0.6 is 0 Å². The van der Waals surface area contributed by atoms with Crippen molar-refractivity contribution in [3.05, 3.63) is 0 Å². The van der Waals surface area contributed by atoms with Gasteiger partial charge in [-0.1, -0.05) is 0 Å². The largest absolute Gasteiger partial charge is 0.460 e. The first-order chi connectivity index (χ1) is 18.1. The zero-order valence-electron chi connectivity index (χ0n) is 20.6. The summed E-state index contributed by atoms with van der Waals surface area (Å²) in [6, 6.07) is -2.40. The molecule has 0 heterocycles. The van der Waals surface area contributed by atoms with Crippen LogP contribution in [0, 0.1) is 0 Å². The minimum atomic E-state index is -8.94. The molecule has 0 aliphatic heterocycles. The number of hydrogen-bond donors (Lipinski definition) is 4. The molecule has 0 rings (SSSR count). The van der Waals surface area contributed by atoms with E-state index in [1.54, 1.807) is 0 Å². The molecule has 42 heavy (non-hydrogen) atoms. The molecule has 0 bridgehead atoms. The molecule has 7 nitrogen and oxygen atoms in total. The van der Waals surface area contributed by atoms with E-state index in [4.69, 9.17) is 10.2 Å². The van der Waals surface area contributed by atoms with E-state index >= 15 is 0 Å². The Morgan fingerprint density at radius 1 is 0.643 bits per heavy atom. The van der Waals surface area contributed by atoms with Crippen LogP contribution in [-0.2, 0) is 10.0 Å². The second kappa shape index (κ2) is 11.8. The Balaban J connectivity index is 6.57. The Morgan fingerprint density at radius 2 is 1.00 bits per heavy atom. The first-order valence-corrected chi connectivity index (χ1v) is 12.0. The molecule has 0 spiro atoms. The lowest BCUT2D eigenvalue weighted by molar-refractivity contribution is -0.893. The molecule has 0 aromatic carbocycles. The number of aliphatic hydroxyl groups excluding tert-OH is 3. The van der Waals surface area contributed by atoms with Crippen molar-refractivity contribution in [1.29, 1.82) is 0 Å². The van der Waals surface area contributed by atoms with Crippen LogP contribution in [0.2, 0.25) is 0 Å². The molecule has 4 N–H and O–H groups in total. The van der Waals surface area contributed by atoms with Gasteiger partial charge in [-0.05, 0) is 0 Å². The highest BCUT2D eigenvalue weighted by Crippen LogP contribution is 2.64. The zero-order chi connectivity index (χ0) is 34.4. The fourth-order valence-corrected chi connectivity index (χ4v) is 4.27. The van der Waals surface area contributed by atoms with Crippen molar-refractivity contribution in [2.45, 2.75) is 65.5 Å². The normalized spacial score (nSPS) is 17.4. The van der Waals surface area contributed by atoms with Crippen LogP contribution in [0.5, 0.6) is 0 Å².